The highest BCUT2D eigenvalue weighted by Gasteiger charge is 2.08. The van der Waals surface area contributed by atoms with E-state index in [9.17, 15) is 4.79 Å². The molecule has 0 saturated carbocycles. The molecule has 1 rings (SSSR count). The second-order valence-electron chi connectivity index (χ2n) is 4.27. The third-order valence-corrected chi connectivity index (χ3v) is 2.77. The van der Waals surface area contributed by atoms with Crippen molar-refractivity contribution in [1.82, 2.24) is 4.90 Å². The maximum absolute atomic E-state index is 10.7. The monoisotopic (exact) mass is 251 g/mol. The molecule has 4 nitrogen and oxygen atoms in total. The number of ether oxygens (including phenoxy) is 1. The quantitative estimate of drug-likeness (QED) is 0.768. The molecule has 1 N–H and O–H groups in total. The van der Waals surface area contributed by atoms with Gasteiger partial charge in [0.25, 0.3) is 0 Å². The number of carbonyl (C=O) groups is 1. The number of aliphatic carboxylic acids is 1. The Kier molecular flexibility index (Phi) is 6.22. The molecule has 4 heteroatoms. The van der Waals surface area contributed by atoms with Crippen LogP contribution in [0.3, 0.4) is 0 Å². The molecule has 0 spiro atoms. The lowest BCUT2D eigenvalue weighted by Gasteiger charge is -2.19. The van der Waals surface area contributed by atoms with Gasteiger partial charge < -0.3 is 9.84 Å². The predicted octanol–water partition coefficient (Wildman–Crippen LogP) is 2.03. The van der Waals surface area contributed by atoms with Crippen molar-refractivity contribution in [3.05, 3.63) is 29.8 Å². The van der Waals surface area contributed by atoms with E-state index in [0.717, 1.165) is 31.7 Å². The largest absolute Gasteiger partial charge is 0.497 e. The zero-order valence-electron chi connectivity index (χ0n) is 11.1. The zero-order chi connectivity index (χ0) is 13.4. The van der Waals surface area contributed by atoms with Gasteiger partial charge in [0.05, 0.1) is 13.7 Å². The van der Waals surface area contributed by atoms with Crippen LogP contribution in [0.1, 0.15) is 18.9 Å². The lowest BCUT2D eigenvalue weighted by Crippen LogP contribution is -2.32. The van der Waals surface area contributed by atoms with Crippen LogP contribution in [0.15, 0.2) is 24.3 Å². The standard InChI is InChI=1S/C14H21NO3/c1-3-9-15(11-14(16)17)10-8-12-4-6-13(18-2)7-5-12/h4-7H,3,8-11H2,1-2H3,(H,16,17). The molecule has 0 fully saturated rings. The molecule has 0 atom stereocenters. The van der Waals surface area contributed by atoms with Crippen molar-refractivity contribution in [3.8, 4) is 5.75 Å². The highest BCUT2D eigenvalue weighted by Crippen LogP contribution is 2.12. The molecule has 0 unspecified atom stereocenters. The number of carboxylic acids is 1. The summed E-state index contributed by atoms with van der Waals surface area (Å²) in [6, 6.07) is 7.89. The number of hydrogen-bond acceptors (Lipinski definition) is 3. The minimum atomic E-state index is -0.766. The zero-order valence-corrected chi connectivity index (χ0v) is 11.1. The van der Waals surface area contributed by atoms with Crippen LogP contribution in [0, 0.1) is 0 Å². The molecular formula is C14H21NO3. The number of hydrogen-bond donors (Lipinski definition) is 1. The van der Waals surface area contributed by atoms with Crippen molar-refractivity contribution in [1.29, 1.82) is 0 Å². The third-order valence-electron chi connectivity index (χ3n) is 2.77. The Bertz CT molecular complexity index is 362. The lowest BCUT2D eigenvalue weighted by molar-refractivity contribution is -0.138. The Labute approximate surface area is 108 Å². The van der Waals surface area contributed by atoms with Gasteiger partial charge in [-0.25, -0.2) is 0 Å². The average Bonchev–Trinajstić information content (AvgIpc) is 2.36. The van der Waals surface area contributed by atoms with E-state index in [4.69, 9.17) is 9.84 Å². The van der Waals surface area contributed by atoms with Gasteiger partial charge in [-0.1, -0.05) is 19.1 Å². The Morgan fingerprint density at radius 3 is 2.44 bits per heavy atom. The smallest absolute Gasteiger partial charge is 0.317 e. The van der Waals surface area contributed by atoms with Crippen molar-refractivity contribution in [2.45, 2.75) is 19.8 Å². The fourth-order valence-electron chi connectivity index (χ4n) is 1.86. The van der Waals surface area contributed by atoms with E-state index in [-0.39, 0.29) is 6.54 Å². The predicted molar refractivity (Wildman–Crippen MR) is 71.1 cm³/mol. The van der Waals surface area contributed by atoms with E-state index in [1.54, 1.807) is 7.11 Å². The van der Waals surface area contributed by atoms with Crippen molar-refractivity contribution in [2.75, 3.05) is 26.7 Å². The van der Waals surface area contributed by atoms with Crippen LogP contribution in [0.25, 0.3) is 0 Å². The normalized spacial score (nSPS) is 10.6. The Balaban J connectivity index is 2.46. The first kappa shape index (κ1) is 14.5. The van der Waals surface area contributed by atoms with E-state index in [0.29, 0.717) is 0 Å². The summed E-state index contributed by atoms with van der Waals surface area (Å²) in [5.41, 5.74) is 1.20. The van der Waals surface area contributed by atoms with Gasteiger partial charge in [-0.15, -0.1) is 0 Å². The van der Waals surface area contributed by atoms with Gasteiger partial charge in [0.2, 0.25) is 0 Å². The summed E-state index contributed by atoms with van der Waals surface area (Å²) < 4.78 is 5.10. The summed E-state index contributed by atoms with van der Waals surface area (Å²) in [5.74, 6) is 0.0767. The lowest BCUT2D eigenvalue weighted by atomic mass is 10.1. The second kappa shape index (κ2) is 7.71. The molecule has 1 aromatic rings. The molecule has 0 aliphatic carbocycles. The van der Waals surface area contributed by atoms with E-state index >= 15 is 0 Å². The minimum absolute atomic E-state index is 0.115. The molecular weight excluding hydrogens is 230 g/mol. The number of nitrogens with zero attached hydrogens (tertiary/aromatic N) is 1. The first-order valence-electron chi connectivity index (χ1n) is 6.22. The highest BCUT2D eigenvalue weighted by atomic mass is 16.5. The molecule has 0 aliphatic rings. The van der Waals surface area contributed by atoms with Crippen LogP contribution in [0.2, 0.25) is 0 Å². The first-order chi connectivity index (χ1) is 8.65. The summed E-state index contributed by atoms with van der Waals surface area (Å²) in [6.45, 7) is 3.77. The summed E-state index contributed by atoms with van der Waals surface area (Å²) in [5, 5.41) is 8.82. The summed E-state index contributed by atoms with van der Waals surface area (Å²) in [7, 11) is 1.64. The van der Waals surface area contributed by atoms with Crippen molar-refractivity contribution in [3.63, 3.8) is 0 Å². The molecule has 0 aliphatic heterocycles. The van der Waals surface area contributed by atoms with Gasteiger partial charge in [0.15, 0.2) is 0 Å². The van der Waals surface area contributed by atoms with Gasteiger partial charge in [0, 0.05) is 6.54 Å². The molecule has 100 valence electrons. The van der Waals surface area contributed by atoms with Gasteiger partial charge in [0.1, 0.15) is 5.75 Å². The van der Waals surface area contributed by atoms with E-state index in [1.807, 2.05) is 29.2 Å². The summed E-state index contributed by atoms with van der Waals surface area (Å²) >= 11 is 0. The van der Waals surface area contributed by atoms with Gasteiger partial charge in [-0.3, -0.25) is 9.69 Å². The molecule has 0 saturated heterocycles. The van der Waals surface area contributed by atoms with Crippen molar-refractivity contribution < 1.29 is 14.6 Å². The van der Waals surface area contributed by atoms with Crippen LogP contribution in [0.5, 0.6) is 5.75 Å². The third kappa shape index (κ3) is 5.19. The Hall–Kier alpha value is -1.55. The summed E-state index contributed by atoms with van der Waals surface area (Å²) in [6.07, 6.45) is 1.83. The SMILES string of the molecule is CCCN(CCc1ccc(OC)cc1)CC(=O)O. The van der Waals surface area contributed by atoms with Gasteiger partial charge in [-0.2, -0.15) is 0 Å². The van der Waals surface area contributed by atoms with Crippen LogP contribution < -0.4 is 4.74 Å². The minimum Gasteiger partial charge on any atom is -0.497 e. The highest BCUT2D eigenvalue weighted by molar-refractivity contribution is 5.69. The maximum Gasteiger partial charge on any atom is 0.317 e. The molecule has 18 heavy (non-hydrogen) atoms. The van der Waals surface area contributed by atoms with Gasteiger partial charge >= 0.3 is 5.97 Å². The second-order valence-corrected chi connectivity index (χ2v) is 4.27. The van der Waals surface area contributed by atoms with E-state index in [2.05, 4.69) is 6.92 Å². The fraction of sp³-hybridized carbons (Fsp3) is 0.500. The number of benzene rings is 1. The van der Waals surface area contributed by atoms with E-state index in [1.165, 1.54) is 5.56 Å². The molecule has 0 amide bonds. The van der Waals surface area contributed by atoms with Crippen LogP contribution >= 0.6 is 0 Å². The topological polar surface area (TPSA) is 49.8 Å². The van der Waals surface area contributed by atoms with Gasteiger partial charge in [-0.05, 0) is 37.1 Å². The molecule has 0 radical (unpaired) electrons. The Morgan fingerprint density at radius 1 is 1.28 bits per heavy atom. The van der Waals surface area contributed by atoms with Crippen molar-refractivity contribution in [2.24, 2.45) is 0 Å². The average molecular weight is 251 g/mol. The molecule has 0 heterocycles. The maximum atomic E-state index is 10.7. The van der Waals surface area contributed by atoms with Crippen molar-refractivity contribution >= 4 is 5.97 Å². The Morgan fingerprint density at radius 2 is 1.94 bits per heavy atom. The van der Waals surface area contributed by atoms with Crippen LogP contribution in [0.4, 0.5) is 0 Å². The summed E-state index contributed by atoms with van der Waals surface area (Å²) in [4.78, 5) is 12.7. The molecule has 1 aromatic carbocycles. The number of carboxylic acid groups (broad SMARTS) is 1. The number of rotatable bonds is 8. The van der Waals surface area contributed by atoms with E-state index < -0.39 is 5.97 Å². The molecule has 0 bridgehead atoms. The van der Waals surface area contributed by atoms with Crippen LogP contribution in [-0.2, 0) is 11.2 Å². The number of methoxy groups -OCH3 is 1. The fourth-order valence-corrected chi connectivity index (χ4v) is 1.86. The first-order valence-corrected chi connectivity index (χ1v) is 6.22. The van der Waals surface area contributed by atoms with Crippen LogP contribution in [-0.4, -0.2) is 42.7 Å². The molecule has 0 aromatic heterocycles.